The number of carbonyl (C=O) groups excluding carboxylic acids is 1. The number of ether oxygens (including phenoxy) is 2. The predicted molar refractivity (Wildman–Crippen MR) is 138 cm³/mol. The summed E-state index contributed by atoms with van der Waals surface area (Å²) in [5.74, 6) is 0.800. The van der Waals surface area contributed by atoms with Crippen LogP contribution >= 0.6 is 0 Å². The molecular formula is C31H37F3O3. The first-order chi connectivity index (χ1) is 17.2. The molecule has 1 aliphatic carbocycles. The fourth-order valence-corrected chi connectivity index (χ4v) is 5.99. The van der Waals surface area contributed by atoms with Gasteiger partial charge < -0.3 is 9.47 Å². The average molecular weight is 515 g/mol. The van der Waals surface area contributed by atoms with E-state index in [1.54, 1.807) is 0 Å². The molecule has 200 valence electrons. The molecule has 0 N–H and O–H groups in total. The number of ketones is 1. The van der Waals surface area contributed by atoms with Gasteiger partial charge in [0.1, 0.15) is 17.6 Å². The molecule has 0 saturated heterocycles. The van der Waals surface area contributed by atoms with Crippen molar-refractivity contribution in [2.45, 2.75) is 109 Å². The van der Waals surface area contributed by atoms with E-state index in [4.69, 9.17) is 9.47 Å². The zero-order chi connectivity index (χ0) is 26.9. The van der Waals surface area contributed by atoms with E-state index in [9.17, 15) is 18.0 Å². The topological polar surface area (TPSA) is 35.5 Å². The number of halogens is 3. The van der Waals surface area contributed by atoms with Crippen LogP contribution in [0, 0.1) is 0 Å². The second kappa shape index (κ2) is 8.78. The van der Waals surface area contributed by atoms with Crippen LogP contribution in [0.25, 0.3) is 0 Å². The van der Waals surface area contributed by atoms with Crippen LogP contribution < -0.4 is 9.47 Å². The van der Waals surface area contributed by atoms with Crippen molar-refractivity contribution in [1.82, 2.24) is 0 Å². The third-order valence-corrected chi connectivity index (χ3v) is 8.39. The van der Waals surface area contributed by atoms with Crippen LogP contribution in [0.15, 0.2) is 24.3 Å². The van der Waals surface area contributed by atoms with Gasteiger partial charge in [0.15, 0.2) is 5.78 Å². The summed E-state index contributed by atoms with van der Waals surface area (Å²) in [6.07, 6.45) is -1.34. The number of fused-ring (bicyclic) bond motifs is 3. The van der Waals surface area contributed by atoms with Crippen molar-refractivity contribution >= 4 is 5.78 Å². The molecule has 5 rings (SSSR count). The maximum atomic E-state index is 14.2. The predicted octanol–water partition coefficient (Wildman–Crippen LogP) is 8.47. The average Bonchev–Trinajstić information content (AvgIpc) is 3.56. The Balaban J connectivity index is 1.49. The second-order valence-corrected chi connectivity index (χ2v) is 12.7. The lowest BCUT2D eigenvalue weighted by atomic mass is 9.78. The molecule has 2 unspecified atom stereocenters. The molecule has 0 amide bonds. The molecule has 0 radical (unpaired) electrons. The number of alkyl halides is 3. The van der Waals surface area contributed by atoms with Crippen molar-refractivity contribution < 1.29 is 27.4 Å². The van der Waals surface area contributed by atoms with E-state index in [2.05, 4.69) is 33.8 Å². The maximum Gasteiger partial charge on any atom is 0.419 e. The summed E-state index contributed by atoms with van der Waals surface area (Å²) in [5.41, 5.74) is 2.98. The Bertz CT molecular complexity index is 1210. The molecule has 6 heteroatoms. The highest BCUT2D eigenvalue weighted by atomic mass is 19.4. The monoisotopic (exact) mass is 514 g/mol. The molecule has 2 aromatic carbocycles. The summed E-state index contributed by atoms with van der Waals surface area (Å²) < 4.78 is 54.7. The fourth-order valence-electron chi connectivity index (χ4n) is 5.99. The fraction of sp³-hybridized carbons (Fsp3) is 0.581. The van der Waals surface area contributed by atoms with Gasteiger partial charge in [0, 0.05) is 23.0 Å². The molecule has 2 atom stereocenters. The lowest BCUT2D eigenvalue weighted by molar-refractivity contribution is -0.139. The number of hydrogen-bond donors (Lipinski definition) is 0. The molecule has 1 saturated carbocycles. The standard InChI is InChI=1S/C31H37F3O3/c1-17(2)19-13-24-28(25(14-19)31(32,33)34)37-21(16-30(24)8-9-30)11-18(3)20-12-22-26(35)7-10-36-27(22)23(15-20)29(4,5)6/h12-15,17-18,21H,7-11,16H2,1-6H3. The van der Waals surface area contributed by atoms with Gasteiger partial charge in [0.25, 0.3) is 0 Å². The van der Waals surface area contributed by atoms with Crippen molar-refractivity contribution in [3.05, 3.63) is 57.6 Å². The molecule has 2 heterocycles. The van der Waals surface area contributed by atoms with Gasteiger partial charge in [-0.1, -0.05) is 53.7 Å². The van der Waals surface area contributed by atoms with Gasteiger partial charge in [0.05, 0.1) is 17.7 Å². The first-order valence-corrected chi connectivity index (χ1v) is 13.5. The van der Waals surface area contributed by atoms with E-state index in [0.717, 1.165) is 36.0 Å². The van der Waals surface area contributed by atoms with Gasteiger partial charge in [0.2, 0.25) is 0 Å². The largest absolute Gasteiger partial charge is 0.492 e. The summed E-state index contributed by atoms with van der Waals surface area (Å²) >= 11 is 0. The van der Waals surface area contributed by atoms with Crippen LogP contribution in [0.5, 0.6) is 11.5 Å². The van der Waals surface area contributed by atoms with Gasteiger partial charge >= 0.3 is 6.18 Å². The van der Waals surface area contributed by atoms with Crippen LogP contribution in [-0.2, 0) is 17.0 Å². The van der Waals surface area contributed by atoms with Crippen LogP contribution in [0.4, 0.5) is 13.2 Å². The molecular weight excluding hydrogens is 477 g/mol. The van der Waals surface area contributed by atoms with Crippen molar-refractivity contribution in [2.24, 2.45) is 0 Å². The van der Waals surface area contributed by atoms with Crippen LogP contribution in [0.2, 0.25) is 0 Å². The smallest absolute Gasteiger partial charge is 0.419 e. The number of hydrogen-bond acceptors (Lipinski definition) is 3. The van der Waals surface area contributed by atoms with E-state index >= 15 is 0 Å². The van der Waals surface area contributed by atoms with E-state index in [-0.39, 0.29) is 40.3 Å². The minimum absolute atomic E-state index is 0.00709. The molecule has 1 fully saturated rings. The molecule has 3 aliphatic rings. The van der Waals surface area contributed by atoms with Crippen molar-refractivity contribution in [3.63, 3.8) is 0 Å². The quantitative estimate of drug-likeness (QED) is 0.411. The van der Waals surface area contributed by atoms with Gasteiger partial charge in [-0.05, 0) is 66.2 Å². The Morgan fingerprint density at radius 1 is 0.973 bits per heavy atom. The highest BCUT2D eigenvalue weighted by Gasteiger charge is 2.53. The summed E-state index contributed by atoms with van der Waals surface area (Å²) in [6.45, 7) is 12.6. The van der Waals surface area contributed by atoms with Crippen LogP contribution in [0.3, 0.4) is 0 Å². The van der Waals surface area contributed by atoms with Crippen molar-refractivity contribution in [3.8, 4) is 11.5 Å². The molecule has 3 nitrogen and oxygen atoms in total. The Hall–Kier alpha value is -2.50. The Morgan fingerprint density at radius 3 is 2.24 bits per heavy atom. The summed E-state index contributed by atoms with van der Waals surface area (Å²) in [6, 6.07) is 7.26. The highest BCUT2D eigenvalue weighted by molar-refractivity contribution is 6.00. The van der Waals surface area contributed by atoms with E-state index < -0.39 is 11.7 Å². The number of rotatable bonds is 4. The van der Waals surface area contributed by atoms with E-state index in [0.29, 0.717) is 36.3 Å². The van der Waals surface area contributed by atoms with Gasteiger partial charge in [-0.2, -0.15) is 13.2 Å². The third kappa shape index (κ3) is 4.77. The first-order valence-electron chi connectivity index (χ1n) is 13.5. The lowest BCUT2D eigenvalue weighted by Gasteiger charge is -2.36. The minimum atomic E-state index is -4.47. The Morgan fingerprint density at radius 2 is 1.65 bits per heavy atom. The first kappa shape index (κ1) is 26.1. The molecule has 0 bridgehead atoms. The van der Waals surface area contributed by atoms with Crippen molar-refractivity contribution in [2.75, 3.05) is 6.61 Å². The molecule has 2 aliphatic heterocycles. The highest BCUT2D eigenvalue weighted by Crippen LogP contribution is 2.60. The normalized spacial score (nSPS) is 21.2. The lowest BCUT2D eigenvalue weighted by Crippen LogP contribution is -2.32. The SMILES string of the molecule is CC(C)c1cc(C(F)(F)F)c2c(c1)C1(CC1)CC(CC(C)c1cc3c(c(C(C)(C)C)c1)OCCC3=O)O2. The van der Waals surface area contributed by atoms with Gasteiger partial charge in [-0.15, -0.1) is 0 Å². The zero-order valence-corrected chi connectivity index (χ0v) is 22.6. The van der Waals surface area contributed by atoms with E-state index in [1.165, 1.54) is 6.07 Å². The zero-order valence-electron chi connectivity index (χ0n) is 22.6. The van der Waals surface area contributed by atoms with Crippen LogP contribution in [-0.4, -0.2) is 18.5 Å². The number of carbonyl (C=O) groups is 1. The third-order valence-electron chi connectivity index (χ3n) is 8.39. The molecule has 0 aromatic heterocycles. The minimum Gasteiger partial charge on any atom is -0.492 e. The van der Waals surface area contributed by atoms with E-state index in [1.807, 2.05) is 26.0 Å². The van der Waals surface area contributed by atoms with Crippen molar-refractivity contribution in [1.29, 1.82) is 0 Å². The second-order valence-electron chi connectivity index (χ2n) is 12.7. The Kier molecular flexibility index (Phi) is 6.20. The molecule has 1 spiro atoms. The summed E-state index contributed by atoms with van der Waals surface area (Å²) in [7, 11) is 0. The van der Waals surface area contributed by atoms with Crippen LogP contribution in [0.1, 0.15) is 124 Å². The number of Topliss-reactive ketones (excluding diaryl/α,β-unsaturated/α-hetero) is 1. The molecule has 2 aromatic rings. The molecule has 37 heavy (non-hydrogen) atoms. The Labute approximate surface area is 217 Å². The summed E-state index contributed by atoms with van der Waals surface area (Å²) in [4.78, 5) is 12.8. The number of benzene rings is 2. The van der Waals surface area contributed by atoms with Gasteiger partial charge in [-0.25, -0.2) is 0 Å². The maximum absolute atomic E-state index is 14.2. The van der Waals surface area contributed by atoms with Gasteiger partial charge in [-0.3, -0.25) is 4.79 Å². The summed E-state index contributed by atoms with van der Waals surface area (Å²) in [5, 5.41) is 0.